The zero-order valence-electron chi connectivity index (χ0n) is 14.5. The van der Waals surface area contributed by atoms with E-state index in [1.54, 1.807) is 12.1 Å². The van der Waals surface area contributed by atoms with E-state index in [0.717, 1.165) is 5.56 Å². The van der Waals surface area contributed by atoms with Crippen molar-refractivity contribution in [3.8, 4) is 0 Å². The molecule has 2 aromatic heterocycles. The molecule has 3 aromatic rings. The number of aliphatic hydroxyl groups excluding tert-OH is 3. The molecule has 148 valence electrons. The maximum Gasteiger partial charge on any atom is 0.223 e. The Hall–Kier alpha value is -2.31. The predicted octanol–water partition coefficient (Wildman–Crippen LogP) is 0.451. The number of fused-ring (bicyclic) bond motifs is 1. The van der Waals surface area contributed by atoms with Crippen LogP contribution in [0.5, 0.6) is 0 Å². The minimum absolute atomic E-state index is 0.0163. The van der Waals surface area contributed by atoms with Crippen LogP contribution in [0.4, 0.5) is 10.3 Å². The molecule has 28 heavy (non-hydrogen) atoms. The van der Waals surface area contributed by atoms with E-state index in [9.17, 15) is 19.7 Å². The van der Waals surface area contributed by atoms with Gasteiger partial charge in [-0.1, -0.05) is 23.9 Å². The molecule has 0 spiro atoms. The van der Waals surface area contributed by atoms with Gasteiger partial charge in [-0.15, -0.1) is 0 Å². The Balaban J connectivity index is 1.64. The first kappa shape index (κ1) is 19.0. The van der Waals surface area contributed by atoms with Crippen LogP contribution in [0.3, 0.4) is 0 Å². The van der Waals surface area contributed by atoms with Gasteiger partial charge in [-0.25, -0.2) is 14.4 Å². The number of thioether (sulfide) groups is 1. The number of aromatic nitrogens is 4. The fraction of sp³-hybridized carbons (Fsp3) is 0.353. The van der Waals surface area contributed by atoms with Crippen molar-refractivity contribution in [3.63, 3.8) is 0 Å². The smallest absolute Gasteiger partial charge is 0.223 e. The summed E-state index contributed by atoms with van der Waals surface area (Å²) in [6, 6.07) is 6.14. The summed E-state index contributed by atoms with van der Waals surface area (Å²) < 4.78 is 20.0. The largest absolute Gasteiger partial charge is 0.394 e. The first-order valence-electron chi connectivity index (χ1n) is 8.47. The van der Waals surface area contributed by atoms with E-state index in [4.69, 9.17) is 10.5 Å². The molecule has 1 aliphatic rings. The second-order valence-corrected chi connectivity index (χ2v) is 7.32. The van der Waals surface area contributed by atoms with Gasteiger partial charge in [-0.05, 0) is 17.7 Å². The lowest BCUT2D eigenvalue weighted by molar-refractivity contribution is -0.0511. The average molecular weight is 407 g/mol. The number of imidazole rings is 1. The van der Waals surface area contributed by atoms with Crippen LogP contribution in [0.1, 0.15) is 11.8 Å². The molecule has 5 N–H and O–H groups in total. The summed E-state index contributed by atoms with van der Waals surface area (Å²) in [6.07, 6.45) is -2.97. The van der Waals surface area contributed by atoms with Crippen molar-refractivity contribution >= 4 is 28.9 Å². The van der Waals surface area contributed by atoms with E-state index < -0.39 is 31.1 Å². The summed E-state index contributed by atoms with van der Waals surface area (Å²) in [5.74, 6) is 0.231. The molecule has 9 nitrogen and oxygen atoms in total. The molecule has 0 amide bonds. The highest BCUT2D eigenvalue weighted by molar-refractivity contribution is 7.98. The molecule has 0 aliphatic carbocycles. The number of rotatable bonds is 5. The van der Waals surface area contributed by atoms with Crippen LogP contribution in [0.25, 0.3) is 11.2 Å². The van der Waals surface area contributed by atoms with Crippen LogP contribution in [-0.4, -0.2) is 59.8 Å². The van der Waals surface area contributed by atoms with Gasteiger partial charge >= 0.3 is 0 Å². The van der Waals surface area contributed by atoms with E-state index in [-0.39, 0.29) is 11.8 Å². The molecule has 0 bridgehead atoms. The number of benzene rings is 1. The third kappa shape index (κ3) is 3.42. The van der Waals surface area contributed by atoms with Gasteiger partial charge in [0.15, 0.2) is 11.9 Å². The summed E-state index contributed by atoms with van der Waals surface area (Å²) in [5.41, 5.74) is 7.53. The molecule has 1 fully saturated rings. The van der Waals surface area contributed by atoms with Gasteiger partial charge in [0.05, 0.1) is 12.9 Å². The molecular formula is C17H18FN5O4S. The number of nitrogen functional groups attached to an aromatic ring is 1. The quantitative estimate of drug-likeness (QED) is 0.351. The van der Waals surface area contributed by atoms with Gasteiger partial charge < -0.3 is 25.8 Å². The topological polar surface area (TPSA) is 140 Å². The van der Waals surface area contributed by atoms with Crippen LogP contribution in [-0.2, 0) is 10.5 Å². The number of anilines is 1. The van der Waals surface area contributed by atoms with Crippen molar-refractivity contribution < 1.29 is 24.4 Å². The lowest BCUT2D eigenvalue weighted by atomic mass is 10.1. The molecule has 1 aliphatic heterocycles. The lowest BCUT2D eigenvalue weighted by Gasteiger charge is -2.16. The Kier molecular flexibility index (Phi) is 5.17. The van der Waals surface area contributed by atoms with Gasteiger partial charge in [0.1, 0.15) is 34.7 Å². The number of aliphatic hydroxyl groups is 3. The van der Waals surface area contributed by atoms with E-state index in [0.29, 0.717) is 21.9 Å². The molecule has 0 radical (unpaired) electrons. The van der Waals surface area contributed by atoms with Gasteiger partial charge in [0.25, 0.3) is 0 Å². The molecule has 1 saturated heterocycles. The normalized spacial score (nSPS) is 24.9. The van der Waals surface area contributed by atoms with Crippen LogP contribution in [0, 0.1) is 5.82 Å². The first-order valence-corrected chi connectivity index (χ1v) is 9.46. The summed E-state index contributed by atoms with van der Waals surface area (Å²) in [5, 5.41) is 30.0. The van der Waals surface area contributed by atoms with Gasteiger partial charge in [-0.2, -0.15) is 4.98 Å². The highest BCUT2D eigenvalue weighted by Gasteiger charge is 2.44. The highest BCUT2D eigenvalue weighted by atomic mass is 32.2. The predicted molar refractivity (Wildman–Crippen MR) is 98.7 cm³/mol. The van der Waals surface area contributed by atoms with Crippen molar-refractivity contribution in [1.82, 2.24) is 19.5 Å². The third-order valence-electron chi connectivity index (χ3n) is 4.49. The summed E-state index contributed by atoms with van der Waals surface area (Å²) in [4.78, 5) is 12.7. The van der Waals surface area contributed by atoms with Gasteiger partial charge in [0, 0.05) is 5.75 Å². The minimum Gasteiger partial charge on any atom is -0.394 e. The van der Waals surface area contributed by atoms with Gasteiger partial charge in [0.2, 0.25) is 5.95 Å². The molecular weight excluding hydrogens is 389 g/mol. The van der Waals surface area contributed by atoms with Crippen molar-refractivity contribution in [2.45, 2.75) is 35.3 Å². The first-order chi connectivity index (χ1) is 13.5. The van der Waals surface area contributed by atoms with Crippen LogP contribution in [0.2, 0.25) is 0 Å². The SMILES string of the molecule is Nc1nc(SCc2ccc(F)cc2)c2ncn([C@H]3O[C@@H](CO)[C@@H](O)[C@H]3O)c2n1. The molecule has 1 aromatic carbocycles. The van der Waals surface area contributed by atoms with Crippen molar-refractivity contribution in [1.29, 1.82) is 0 Å². The summed E-state index contributed by atoms with van der Waals surface area (Å²) >= 11 is 1.36. The molecule has 4 atom stereocenters. The molecule has 0 saturated carbocycles. The van der Waals surface area contributed by atoms with Gasteiger partial charge in [-0.3, -0.25) is 4.57 Å². The van der Waals surface area contributed by atoms with Crippen molar-refractivity contribution in [2.75, 3.05) is 12.3 Å². The van der Waals surface area contributed by atoms with Crippen LogP contribution >= 0.6 is 11.8 Å². The van der Waals surface area contributed by atoms with E-state index >= 15 is 0 Å². The Morgan fingerprint density at radius 2 is 1.93 bits per heavy atom. The molecule has 0 unspecified atom stereocenters. The maximum absolute atomic E-state index is 13.1. The molecule has 3 heterocycles. The summed E-state index contributed by atoms with van der Waals surface area (Å²) in [7, 11) is 0. The zero-order valence-corrected chi connectivity index (χ0v) is 15.3. The second kappa shape index (κ2) is 7.60. The molecule has 4 rings (SSSR count). The minimum atomic E-state index is -1.26. The van der Waals surface area contributed by atoms with E-state index in [2.05, 4.69) is 15.0 Å². The van der Waals surface area contributed by atoms with Crippen molar-refractivity contribution in [3.05, 3.63) is 42.0 Å². The van der Waals surface area contributed by atoms with Crippen molar-refractivity contribution in [2.24, 2.45) is 0 Å². The third-order valence-corrected chi connectivity index (χ3v) is 5.52. The monoisotopic (exact) mass is 407 g/mol. The zero-order chi connectivity index (χ0) is 19.8. The standard InChI is InChI=1S/C17H18FN5O4S/c18-9-3-1-8(2-4-9)6-28-15-11-14(21-17(19)22-15)23(7-20-11)16-13(26)12(25)10(5-24)27-16/h1-4,7,10,12-13,16,24-26H,5-6H2,(H2,19,21,22)/t10-,12+,13+,16-/m0/s1. The Morgan fingerprint density at radius 1 is 1.18 bits per heavy atom. The van der Waals surface area contributed by atoms with E-state index in [1.807, 2.05) is 0 Å². The molecule has 11 heteroatoms. The Bertz CT molecular complexity index is 986. The number of nitrogens with zero attached hydrogens (tertiary/aromatic N) is 4. The van der Waals surface area contributed by atoms with Crippen LogP contribution < -0.4 is 5.73 Å². The fourth-order valence-corrected chi connectivity index (χ4v) is 3.97. The maximum atomic E-state index is 13.1. The number of hydrogen-bond acceptors (Lipinski definition) is 9. The number of halogens is 1. The van der Waals surface area contributed by atoms with E-state index in [1.165, 1.54) is 34.8 Å². The number of hydrogen-bond donors (Lipinski definition) is 4. The Labute approximate surface area is 163 Å². The fourth-order valence-electron chi connectivity index (χ4n) is 3.04. The van der Waals surface area contributed by atoms with Crippen LogP contribution in [0.15, 0.2) is 35.6 Å². The highest BCUT2D eigenvalue weighted by Crippen LogP contribution is 2.34. The average Bonchev–Trinajstić information content (AvgIpc) is 3.22. The number of ether oxygens (including phenoxy) is 1. The Morgan fingerprint density at radius 3 is 2.61 bits per heavy atom. The lowest BCUT2D eigenvalue weighted by Crippen LogP contribution is -2.33. The summed E-state index contributed by atoms with van der Waals surface area (Å²) in [6.45, 7) is -0.433. The second-order valence-electron chi connectivity index (χ2n) is 6.36. The number of nitrogens with two attached hydrogens (primary N) is 1.